The lowest BCUT2D eigenvalue weighted by Crippen LogP contribution is -2.36. The molecule has 1 aliphatic heterocycles. The van der Waals surface area contributed by atoms with Gasteiger partial charge >= 0.3 is 0 Å². The molecule has 2 nitrogen and oxygen atoms in total. The number of benzene rings is 1. The molecule has 0 amide bonds. The Kier molecular flexibility index (Phi) is 4.17. The van der Waals surface area contributed by atoms with Crippen LogP contribution in [0.4, 0.5) is 4.39 Å². The third-order valence-electron chi connectivity index (χ3n) is 3.14. The highest BCUT2D eigenvalue weighted by Gasteiger charge is 2.27. The second kappa shape index (κ2) is 5.46. The van der Waals surface area contributed by atoms with Crippen molar-refractivity contribution in [2.45, 2.75) is 44.4 Å². The lowest BCUT2D eigenvalue weighted by Gasteiger charge is -2.19. The molecule has 17 heavy (non-hydrogen) atoms. The van der Waals surface area contributed by atoms with Crippen LogP contribution in [0.3, 0.4) is 0 Å². The number of hydrogen-bond donors (Lipinski definition) is 1. The monoisotopic (exact) mass is 301 g/mol. The Labute approximate surface area is 109 Å². The summed E-state index contributed by atoms with van der Waals surface area (Å²) in [5.41, 5.74) is 7.02. The topological polar surface area (TPSA) is 35.2 Å². The Hall–Kier alpha value is -0.450. The zero-order valence-corrected chi connectivity index (χ0v) is 11.4. The summed E-state index contributed by atoms with van der Waals surface area (Å²) in [5.74, 6) is -0.234. The first-order valence-corrected chi connectivity index (χ1v) is 6.70. The molecule has 1 fully saturated rings. The van der Waals surface area contributed by atoms with E-state index in [1.54, 1.807) is 0 Å². The lowest BCUT2D eigenvalue weighted by molar-refractivity contribution is 0.0404. The van der Waals surface area contributed by atoms with Gasteiger partial charge in [-0.3, -0.25) is 0 Å². The summed E-state index contributed by atoms with van der Waals surface area (Å²) >= 11 is 3.28. The summed E-state index contributed by atoms with van der Waals surface area (Å²) in [6.45, 7) is 2.06. The molecule has 1 saturated heterocycles. The van der Waals surface area contributed by atoms with Crippen molar-refractivity contribution < 1.29 is 9.13 Å². The highest BCUT2D eigenvalue weighted by atomic mass is 79.9. The van der Waals surface area contributed by atoms with E-state index in [4.69, 9.17) is 10.5 Å². The molecule has 0 aromatic heterocycles. The molecule has 2 N–H and O–H groups in total. The molecule has 1 aromatic carbocycles. The Balaban J connectivity index is 2.00. The van der Waals surface area contributed by atoms with Crippen molar-refractivity contribution in [1.29, 1.82) is 0 Å². The van der Waals surface area contributed by atoms with E-state index in [0.717, 1.165) is 22.9 Å². The van der Waals surface area contributed by atoms with Gasteiger partial charge in [0.25, 0.3) is 0 Å². The smallest absolute Gasteiger partial charge is 0.124 e. The Morgan fingerprint density at radius 1 is 1.47 bits per heavy atom. The van der Waals surface area contributed by atoms with Crippen molar-refractivity contribution in [3.8, 4) is 0 Å². The molecule has 0 spiro atoms. The van der Waals surface area contributed by atoms with Crippen LogP contribution in [-0.4, -0.2) is 18.2 Å². The summed E-state index contributed by atoms with van der Waals surface area (Å²) in [5, 5.41) is 0. The fraction of sp³-hybridized carbons (Fsp3) is 0.538. The Morgan fingerprint density at radius 2 is 2.24 bits per heavy atom. The second-order valence-electron chi connectivity index (χ2n) is 4.71. The summed E-state index contributed by atoms with van der Waals surface area (Å²) in [7, 11) is 0. The average molecular weight is 302 g/mol. The number of rotatable bonds is 3. The molecule has 0 saturated carbocycles. The first-order valence-electron chi connectivity index (χ1n) is 5.90. The van der Waals surface area contributed by atoms with E-state index in [9.17, 15) is 4.39 Å². The van der Waals surface area contributed by atoms with Crippen LogP contribution in [0, 0.1) is 5.82 Å². The molecule has 0 bridgehead atoms. The Morgan fingerprint density at radius 3 is 2.82 bits per heavy atom. The largest absolute Gasteiger partial charge is 0.374 e. The van der Waals surface area contributed by atoms with Gasteiger partial charge in [0.1, 0.15) is 5.82 Å². The van der Waals surface area contributed by atoms with Crippen LogP contribution in [0.2, 0.25) is 0 Å². The number of ether oxygens (including phenoxy) is 1. The third kappa shape index (κ3) is 3.50. The van der Waals surface area contributed by atoms with Crippen LogP contribution < -0.4 is 5.73 Å². The van der Waals surface area contributed by atoms with E-state index in [0.29, 0.717) is 12.5 Å². The number of halogens is 2. The van der Waals surface area contributed by atoms with Crippen LogP contribution in [0.5, 0.6) is 0 Å². The van der Waals surface area contributed by atoms with Crippen LogP contribution in [0.15, 0.2) is 22.7 Å². The quantitative estimate of drug-likeness (QED) is 0.931. The van der Waals surface area contributed by atoms with Gasteiger partial charge in [0, 0.05) is 10.5 Å². The maximum absolute atomic E-state index is 13.2. The normalized spacial score (nSPS) is 26.1. The van der Waals surface area contributed by atoms with Crippen molar-refractivity contribution in [3.05, 3.63) is 34.1 Å². The van der Waals surface area contributed by atoms with Crippen molar-refractivity contribution in [2.24, 2.45) is 5.73 Å². The van der Waals surface area contributed by atoms with E-state index < -0.39 is 0 Å². The van der Waals surface area contributed by atoms with Gasteiger partial charge in [-0.1, -0.05) is 15.9 Å². The summed E-state index contributed by atoms with van der Waals surface area (Å²) in [4.78, 5) is 0. The second-order valence-corrected chi connectivity index (χ2v) is 5.62. The molecule has 0 aliphatic carbocycles. The molecular formula is C13H17BrFNO. The third-order valence-corrected chi connectivity index (χ3v) is 3.59. The predicted octanol–water partition coefficient (Wildman–Crippen LogP) is 3.03. The summed E-state index contributed by atoms with van der Waals surface area (Å²) in [6, 6.07) is 4.82. The van der Waals surface area contributed by atoms with Gasteiger partial charge < -0.3 is 10.5 Å². The van der Waals surface area contributed by atoms with Gasteiger partial charge in [0.15, 0.2) is 0 Å². The minimum atomic E-state index is -0.234. The zero-order chi connectivity index (χ0) is 12.4. The molecule has 0 radical (unpaired) electrons. The fourth-order valence-electron chi connectivity index (χ4n) is 2.28. The molecule has 1 aromatic rings. The zero-order valence-electron chi connectivity index (χ0n) is 9.83. The minimum absolute atomic E-state index is 0.0614. The van der Waals surface area contributed by atoms with E-state index >= 15 is 0 Å². The SMILES string of the molecule is CC1CCC(C(N)Cc2cc(F)cc(Br)c2)O1. The minimum Gasteiger partial charge on any atom is -0.374 e. The molecule has 2 rings (SSSR count). The van der Waals surface area contributed by atoms with Gasteiger partial charge in [-0.25, -0.2) is 4.39 Å². The molecular weight excluding hydrogens is 285 g/mol. The summed E-state index contributed by atoms with van der Waals surface area (Å²) < 4.78 is 19.7. The van der Waals surface area contributed by atoms with E-state index in [2.05, 4.69) is 22.9 Å². The van der Waals surface area contributed by atoms with Gasteiger partial charge in [-0.2, -0.15) is 0 Å². The van der Waals surface area contributed by atoms with Gasteiger partial charge in [-0.05, 0) is 49.9 Å². The van der Waals surface area contributed by atoms with Crippen molar-refractivity contribution in [1.82, 2.24) is 0 Å². The van der Waals surface area contributed by atoms with Crippen molar-refractivity contribution in [3.63, 3.8) is 0 Å². The first kappa shape index (κ1) is 13.0. The fourth-order valence-corrected chi connectivity index (χ4v) is 2.79. The standard InChI is InChI=1S/C13H17BrFNO/c1-8-2-3-13(17-8)12(16)6-9-4-10(14)7-11(15)5-9/h4-5,7-8,12-13H,2-3,6,16H2,1H3. The highest BCUT2D eigenvalue weighted by molar-refractivity contribution is 9.10. The van der Waals surface area contributed by atoms with Crippen LogP contribution in [0.25, 0.3) is 0 Å². The first-order chi connectivity index (χ1) is 8.04. The van der Waals surface area contributed by atoms with Gasteiger partial charge in [0.05, 0.1) is 12.2 Å². The van der Waals surface area contributed by atoms with Crippen molar-refractivity contribution in [2.75, 3.05) is 0 Å². The van der Waals surface area contributed by atoms with Crippen LogP contribution >= 0.6 is 15.9 Å². The van der Waals surface area contributed by atoms with E-state index in [-0.39, 0.29) is 18.0 Å². The predicted molar refractivity (Wildman–Crippen MR) is 69.3 cm³/mol. The molecule has 3 atom stereocenters. The maximum Gasteiger partial charge on any atom is 0.124 e. The van der Waals surface area contributed by atoms with Crippen LogP contribution in [-0.2, 0) is 11.2 Å². The maximum atomic E-state index is 13.2. The molecule has 3 unspecified atom stereocenters. The number of nitrogens with two attached hydrogens (primary N) is 1. The highest BCUT2D eigenvalue weighted by Crippen LogP contribution is 2.23. The lowest BCUT2D eigenvalue weighted by atomic mass is 10.00. The molecule has 94 valence electrons. The molecule has 4 heteroatoms. The van der Waals surface area contributed by atoms with Crippen LogP contribution in [0.1, 0.15) is 25.3 Å². The number of hydrogen-bond acceptors (Lipinski definition) is 2. The van der Waals surface area contributed by atoms with Gasteiger partial charge in [0.2, 0.25) is 0 Å². The van der Waals surface area contributed by atoms with Crippen molar-refractivity contribution >= 4 is 15.9 Å². The molecule has 1 aliphatic rings. The summed E-state index contributed by atoms with van der Waals surface area (Å²) in [6.07, 6.45) is 3.11. The average Bonchev–Trinajstić information content (AvgIpc) is 2.63. The molecule has 1 heterocycles. The van der Waals surface area contributed by atoms with Gasteiger partial charge in [-0.15, -0.1) is 0 Å². The Bertz CT molecular complexity index is 379. The van der Waals surface area contributed by atoms with E-state index in [1.807, 2.05) is 6.07 Å². The van der Waals surface area contributed by atoms with E-state index in [1.165, 1.54) is 12.1 Å².